The number of aromatic nitrogens is 3. The Morgan fingerprint density at radius 3 is 2.58 bits per heavy atom. The fraction of sp³-hybridized carbons (Fsp3) is 0.0588. The maximum atomic E-state index is 11.4. The zero-order valence-electron chi connectivity index (χ0n) is 12.6. The summed E-state index contributed by atoms with van der Waals surface area (Å²) in [4.78, 5) is 15.5. The number of amides is 1. The third kappa shape index (κ3) is 3.67. The molecule has 2 heterocycles. The van der Waals surface area contributed by atoms with Crippen molar-refractivity contribution in [1.29, 1.82) is 0 Å². The normalized spacial score (nSPS) is 10.4. The smallest absolute Gasteiger partial charge is 0.252 e. The minimum absolute atomic E-state index is 0.121. The highest BCUT2D eigenvalue weighted by Gasteiger charge is 2.11. The molecule has 0 radical (unpaired) electrons. The number of halogens is 1. The lowest BCUT2D eigenvalue weighted by molar-refractivity contribution is 0.100. The topological polar surface area (TPSA) is 93.8 Å². The Labute approximate surface area is 143 Å². The van der Waals surface area contributed by atoms with Gasteiger partial charge in [0.15, 0.2) is 11.0 Å². The largest absolute Gasteiger partial charge is 0.365 e. The van der Waals surface area contributed by atoms with Gasteiger partial charge in [-0.2, -0.15) is 0 Å². The predicted molar refractivity (Wildman–Crippen MR) is 92.6 cm³/mol. The van der Waals surface area contributed by atoms with Crippen molar-refractivity contribution < 1.29 is 4.79 Å². The molecule has 0 aliphatic carbocycles. The van der Waals surface area contributed by atoms with Crippen LogP contribution >= 0.6 is 11.6 Å². The van der Waals surface area contributed by atoms with Crippen LogP contribution in [0.2, 0.25) is 5.15 Å². The molecular weight excluding hydrogens is 326 g/mol. The highest BCUT2D eigenvalue weighted by atomic mass is 35.5. The second kappa shape index (κ2) is 7.06. The molecular formula is C17H14ClN5O. The first-order valence-corrected chi connectivity index (χ1v) is 7.57. The number of hydrogen-bond donors (Lipinski definition) is 2. The summed E-state index contributed by atoms with van der Waals surface area (Å²) in [7, 11) is 0. The quantitative estimate of drug-likeness (QED) is 0.745. The Morgan fingerprint density at radius 1 is 1.12 bits per heavy atom. The lowest BCUT2D eigenvalue weighted by atomic mass is 10.1. The van der Waals surface area contributed by atoms with E-state index in [9.17, 15) is 4.79 Å². The molecule has 0 aliphatic heterocycles. The summed E-state index contributed by atoms with van der Waals surface area (Å²) < 4.78 is 0. The van der Waals surface area contributed by atoms with Gasteiger partial charge in [-0.05, 0) is 28.8 Å². The molecule has 3 aromatic rings. The summed E-state index contributed by atoms with van der Waals surface area (Å²) >= 11 is 5.74. The van der Waals surface area contributed by atoms with E-state index in [0.717, 1.165) is 16.7 Å². The van der Waals surface area contributed by atoms with Crippen molar-refractivity contribution in [3.63, 3.8) is 0 Å². The standard InChI is InChI=1S/C17H14ClN5O/c18-15-8-14(16(19)24)17(23-22-15)21-9-11-3-5-12(6-4-11)13-2-1-7-20-10-13/h1-8,10H,9H2,(H2,19,24)(H,21,23). The number of nitrogens with zero attached hydrogens (tertiary/aromatic N) is 3. The first-order valence-electron chi connectivity index (χ1n) is 7.20. The molecule has 1 aromatic carbocycles. The Morgan fingerprint density at radius 2 is 1.92 bits per heavy atom. The SMILES string of the molecule is NC(=O)c1cc(Cl)nnc1NCc1ccc(-c2cccnc2)cc1. The van der Waals surface area contributed by atoms with Crippen LogP contribution < -0.4 is 11.1 Å². The highest BCUT2D eigenvalue weighted by molar-refractivity contribution is 6.29. The molecule has 0 saturated carbocycles. The monoisotopic (exact) mass is 339 g/mol. The number of rotatable bonds is 5. The van der Waals surface area contributed by atoms with Gasteiger partial charge in [0.1, 0.15) is 0 Å². The number of carbonyl (C=O) groups excluding carboxylic acids is 1. The fourth-order valence-corrected chi connectivity index (χ4v) is 2.37. The molecule has 6 nitrogen and oxygen atoms in total. The Balaban J connectivity index is 1.73. The van der Waals surface area contributed by atoms with Gasteiger partial charge in [-0.25, -0.2) is 0 Å². The van der Waals surface area contributed by atoms with E-state index in [-0.39, 0.29) is 10.7 Å². The molecule has 0 saturated heterocycles. The second-order valence-electron chi connectivity index (χ2n) is 5.09. The number of pyridine rings is 1. The van der Waals surface area contributed by atoms with Gasteiger partial charge >= 0.3 is 0 Å². The van der Waals surface area contributed by atoms with Gasteiger partial charge in [0.25, 0.3) is 5.91 Å². The van der Waals surface area contributed by atoms with E-state index in [1.165, 1.54) is 6.07 Å². The van der Waals surface area contributed by atoms with Crippen LogP contribution in [-0.2, 0) is 6.54 Å². The van der Waals surface area contributed by atoms with Gasteiger partial charge in [0, 0.05) is 18.9 Å². The zero-order chi connectivity index (χ0) is 16.9. The number of anilines is 1. The molecule has 0 fully saturated rings. The average molecular weight is 340 g/mol. The van der Waals surface area contributed by atoms with Crippen LogP contribution in [0.15, 0.2) is 54.9 Å². The summed E-state index contributed by atoms with van der Waals surface area (Å²) in [5.74, 6) is -0.301. The number of nitrogens with one attached hydrogen (secondary N) is 1. The minimum atomic E-state index is -0.610. The third-order valence-electron chi connectivity index (χ3n) is 3.44. The molecule has 0 bridgehead atoms. The Hall–Kier alpha value is -2.99. The van der Waals surface area contributed by atoms with Gasteiger partial charge in [-0.1, -0.05) is 41.9 Å². The summed E-state index contributed by atoms with van der Waals surface area (Å²) in [6.07, 6.45) is 3.56. The molecule has 120 valence electrons. The Kier molecular flexibility index (Phi) is 4.67. The Bertz CT molecular complexity index is 853. The molecule has 1 amide bonds. The van der Waals surface area contributed by atoms with Crippen molar-refractivity contribution in [2.24, 2.45) is 5.73 Å². The van der Waals surface area contributed by atoms with Crippen LogP contribution in [-0.4, -0.2) is 21.1 Å². The molecule has 7 heteroatoms. The van der Waals surface area contributed by atoms with Crippen LogP contribution in [0.3, 0.4) is 0 Å². The maximum absolute atomic E-state index is 11.4. The summed E-state index contributed by atoms with van der Waals surface area (Å²) in [5, 5.41) is 10.8. The van der Waals surface area contributed by atoms with Crippen LogP contribution in [0.25, 0.3) is 11.1 Å². The number of primary amides is 1. The zero-order valence-corrected chi connectivity index (χ0v) is 13.4. The molecule has 2 aromatic heterocycles. The number of carbonyl (C=O) groups is 1. The van der Waals surface area contributed by atoms with Crippen molar-refractivity contribution in [2.45, 2.75) is 6.54 Å². The predicted octanol–water partition coefficient (Wildman–Crippen LogP) is 2.90. The fourth-order valence-electron chi connectivity index (χ4n) is 2.22. The molecule has 0 atom stereocenters. The molecule has 3 N–H and O–H groups in total. The van der Waals surface area contributed by atoms with Gasteiger partial charge in [0.2, 0.25) is 0 Å². The average Bonchev–Trinajstić information content (AvgIpc) is 2.62. The number of nitrogens with two attached hydrogens (primary N) is 1. The van der Waals surface area contributed by atoms with E-state index >= 15 is 0 Å². The molecule has 24 heavy (non-hydrogen) atoms. The molecule has 0 aliphatic rings. The second-order valence-corrected chi connectivity index (χ2v) is 5.47. The van der Waals surface area contributed by atoms with Gasteiger partial charge < -0.3 is 11.1 Å². The van der Waals surface area contributed by atoms with Crippen LogP contribution in [0.1, 0.15) is 15.9 Å². The van der Waals surface area contributed by atoms with E-state index in [2.05, 4.69) is 20.5 Å². The highest BCUT2D eigenvalue weighted by Crippen LogP contribution is 2.19. The van der Waals surface area contributed by atoms with Crippen LogP contribution in [0.5, 0.6) is 0 Å². The lowest BCUT2D eigenvalue weighted by Gasteiger charge is -2.09. The van der Waals surface area contributed by atoms with E-state index in [4.69, 9.17) is 17.3 Å². The van der Waals surface area contributed by atoms with E-state index in [1.807, 2.05) is 42.6 Å². The van der Waals surface area contributed by atoms with Crippen molar-refractivity contribution in [2.75, 3.05) is 5.32 Å². The van der Waals surface area contributed by atoms with E-state index in [1.54, 1.807) is 6.20 Å². The molecule has 0 spiro atoms. The maximum Gasteiger partial charge on any atom is 0.252 e. The third-order valence-corrected chi connectivity index (χ3v) is 3.62. The minimum Gasteiger partial charge on any atom is -0.365 e. The molecule has 3 rings (SSSR count). The number of benzene rings is 1. The summed E-state index contributed by atoms with van der Waals surface area (Å²) in [6.45, 7) is 0.476. The first kappa shape index (κ1) is 15.9. The van der Waals surface area contributed by atoms with Gasteiger partial charge in [0.05, 0.1) is 5.56 Å². The van der Waals surface area contributed by atoms with Crippen molar-refractivity contribution in [3.05, 3.63) is 71.1 Å². The van der Waals surface area contributed by atoms with Crippen LogP contribution in [0, 0.1) is 0 Å². The van der Waals surface area contributed by atoms with Gasteiger partial charge in [-0.3, -0.25) is 9.78 Å². The van der Waals surface area contributed by atoms with E-state index in [0.29, 0.717) is 12.4 Å². The van der Waals surface area contributed by atoms with E-state index < -0.39 is 5.91 Å². The lowest BCUT2D eigenvalue weighted by Crippen LogP contribution is -2.16. The summed E-state index contributed by atoms with van der Waals surface area (Å²) in [5.41, 5.74) is 8.69. The van der Waals surface area contributed by atoms with Crippen molar-refractivity contribution in [3.8, 4) is 11.1 Å². The van der Waals surface area contributed by atoms with Crippen molar-refractivity contribution in [1.82, 2.24) is 15.2 Å². The summed E-state index contributed by atoms with van der Waals surface area (Å²) in [6, 6.07) is 13.3. The van der Waals surface area contributed by atoms with Gasteiger partial charge in [-0.15, -0.1) is 10.2 Å². The first-order chi connectivity index (χ1) is 11.6. The van der Waals surface area contributed by atoms with Crippen molar-refractivity contribution >= 4 is 23.3 Å². The number of hydrogen-bond acceptors (Lipinski definition) is 5. The van der Waals surface area contributed by atoms with Crippen LogP contribution in [0.4, 0.5) is 5.82 Å². The molecule has 0 unspecified atom stereocenters.